The van der Waals surface area contributed by atoms with Crippen molar-refractivity contribution in [2.24, 2.45) is 17.8 Å². The quantitative estimate of drug-likeness (QED) is 0.691. The van der Waals surface area contributed by atoms with Crippen LogP contribution in [0.25, 0.3) is 0 Å². The summed E-state index contributed by atoms with van der Waals surface area (Å²) in [6.45, 7) is 11.1. The van der Waals surface area contributed by atoms with E-state index in [0.717, 1.165) is 25.7 Å². The van der Waals surface area contributed by atoms with Gasteiger partial charge in [-0.15, -0.1) is 0 Å². The Morgan fingerprint density at radius 2 is 1.65 bits per heavy atom. The molecule has 2 aliphatic rings. The molecule has 2 atom stereocenters. The molecule has 1 N–H and O–H groups in total. The van der Waals surface area contributed by atoms with Gasteiger partial charge in [0.15, 0.2) is 6.61 Å². The monoisotopic (exact) mass is 427 g/mol. The Kier molecular flexibility index (Phi) is 7.23. The van der Waals surface area contributed by atoms with Crippen molar-refractivity contribution in [3.05, 3.63) is 34.4 Å². The Morgan fingerprint density at radius 3 is 2.19 bits per heavy atom. The molecule has 3 rings (SSSR count). The first-order valence-electron chi connectivity index (χ1n) is 11.6. The van der Waals surface area contributed by atoms with E-state index in [9.17, 15) is 14.4 Å². The lowest BCUT2D eigenvalue weighted by Gasteiger charge is -2.36. The predicted molar refractivity (Wildman–Crippen MR) is 121 cm³/mol. The molecular formula is C26H37NO4. The Hall–Kier alpha value is -2.17. The number of Topliss-reactive ketones (excluding diaryl/α,β-unsaturated/α-hetero) is 1. The van der Waals surface area contributed by atoms with Gasteiger partial charge in [-0.05, 0) is 73.6 Å². The molecule has 1 aromatic rings. The molecule has 31 heavy (non-hydrogen) atoms. The third-order valence-corrected chi connectivity index (χ3v) is 6.99. The molecule has 1 amide bonds. The van der Waals surface area contributed by atoms with Gasteiger partial charge in [0.05, 0.1) is 5.92 Å². The zero-order valence-electron chi connectivity index (χ0n) is 19.7. The number of ketones is 1. The first kappa shape index (κ1) is 23.5. The Balaban J connectivity index is 1.44. The predicted octanol–water partition coefficient (Wildman–Crippen LogP) is 4.20. The number of carbonyl (C=O) groups excluding carboxylic acids is 3. The number of hydrogen-bond donors (Lipinski definition) is 1. The Bertz CT molecular complexity index is 812. The van der Waals surface area contributed by atoms with Crippen molar-refractivity contribution in [3.63, 3.8) is 0 Å². The molecule has 170 valence electrons. The van der Waals surface area contributed by atoms with Crippen molar-refractivity contribution in [1.29, 1.82) is 0 Å². The second-order valence-corrected chi connectivity index (χ2v) is 10.4. The van der Waals surface area contributed by atoms with Crippen molar-refractivity contribution < 1.29 is 19.1 Å². The highest BCUT2D eigenvalue weighted by Gasteiger charge is 2.41. The van der Waals surface area contributed by atoms with E-state index >= 15 is 0 Å². The molecule has 0 aromatic heterocycles. The molecule has 5 nitrogen and oxygen atoms in total. The van der Waals surface area contributed by atoms with Crippen molar-refractivity contribution in [2.45, 2.75) is 78.6 Å². The molecule has 2 aliphatic carbocycles. The summed E-state index contributed by atoms with van der Waals surface area (Å²) in [5.74, 6) is -0.502. The topological polar surface area (TPSA) is 72.5 Å². The third kappa shape index (κ3) is 5.75. The van der Waals surface area contributed by atoms with E-state index in [1.165, 1.54) is 22.3 Å². The minimum atomic E-state index is -0.330. The van der Waals surface area contributed by atoms with Gasteiger partial charge in [-0.1, -0.05) is 39.3 Å². The highest BCUT2D eigenvalue weighted by atomic mass is 16.5. The first-order valence-corrected chi connectivity index (χ1v) is 11.6. The number of fused-ring (bicyclic) bond motifs is 2. The lowest BCUT2D eigenvalue weighted by molar-refractivity contribution is -0.156. The van der Waals surface area contributed by atoms with Crippen LogP contribution in [0.15, 0.2) is 12.1 Å². The van der Waals surface area contributed by atoms with Crippen LogP contribution in [0, 0.1) is 31.6 Å². The molecule has 1 aromatic carbocycles. The van der Waals surface area contributed by atoms with Crippen LogP contribution in [0.4, 0.5) is 0 Å². The van der Waals surface area contributed by atoms with Crippen molar-refractivity contribution in [3.8, 4) is 0 Å². The largest absolute Gasteiger partial charge is 0.455 e. The van der Waals surface area contributed by atoms with E-state index in [1.54, 1.807) is 0 Å². The fraction of sp³-hybridized carbons (Fsp3) is 0.654. The summed E-state index contributed by atoms with van der Waals surface area (Å²) >= 11 is 0. The van der Waals surface area contributed by atoms with Crippen LogP contribution >= 0.6 is 0 Å². The molecule has 0 spiro atoms. The summed E-state index contributed by atoms with van der Waals surface area (Å²) in [5.41, 5.74) is 5.15. The minimum Gasteiger partial charge on any atom is -0.455 e. The molecule has 0 heterocycles. The van der Waals surface area contributed by atoms with Gasteiger partial charge in [-0.3, -0.25) is 14.4 Å². The minimum absolute atomic E-state index is 0.00928. The number of rotatable bonds is 6. The number of nitrogens with one attached hydrogen (secondary N) is 1. The van der Waals surface area contributed by atoms with Crippen LogP contribution in [0.1, 0.15) is 75.1 Å². The maximum atomic E-state index is 12.4. The highest BCUT2D eigenvalue weighted by Crippen LogP contribution is 2.40. The van der Waals surface area contributed by atoms with Crippen molar-refractivity contribution in [2.75, 3.05) is 13.2 Å². The second kappa shape index (κ2) is 9.54. The molecule has 2 fully saturated rings. The van der Waals surface area contributed by atoms with Crippen LogP contribution in [0.2, 0.25) is 0 Å². The lowest BCUT2D eigenvalue weighted by atomic mass is 9.67. The number of carbonyl (C=O) groups is 3. The van der Waals surface area contributed by atoms with E-state index < -0.39 is 0 Å². The molecule has 5 heteroatoms. The van der Waals surface area contributed by atoms with Crippen LogP contribution in [-0.4, -0.2) is 30.8 Å². The van der Waals surface area contributed by atoms with E-state index in [4.69, 9.17) is 4.74 Å². The van der Waals surface area contributed by atoms with E-state index in [-0.39, 0.29) is 41.7 Å². The SMILES string of the molecule is Cc1cc(C(C)(C)C)cc(C)c1CCNC(=O)COC(=O)C1C[C@H]2CCC[C@H](C1)C2=O. The molecule has 2 bridgehead atoms. The number of amides is 1. The molecule has 2 saturated carbocycles. The van der Waals surface area contributed by atoms with E-state index in [0.29, 0.717) is 25.2 Å². The second-order valence-electron chi connectivity index (χ2n) is 10.4. The smallest absolute Gasteiger partial charge is 0.309 e. The summed E-state index contributed by atoms with van der Waals surface area (Å²) in [7, 11) is 0. The average molecular weight is 428 g/mol. The van der Waals surface area contributed by atoms with E-state index in [1.807, 2.05) is 0 Å². The van der Waals surface area contributed by atoms with Crippen LogP contribution in [-0.2, 0) is 31.0 Å². The maximum Gasteiger partial charge on any atom is 0.309 e. The van der Waals surface area contributed by atoms with Crippen LogP contribution in [0.3, 0.4) is 0 Å². The van der Waals surface area contributed by atoms with Gasteiger partial charge < -0.3 is 10.1 Å². The van der Waals surface area contributed by atoms with E-state index in [2.05, 4.69) is 52.1 Å². The summed E-state index contributed by atoms with van der Waals surface area (Å²) in [6.07, 6.45) is 4.75. The molecular weight excluding hydrogens is 390 g/mol. The van der Waals surface area contributed by atoms with Gasteiger partial charge in [-0.2, -0.15) is 0 Å². The normalized spacial score (nSPS) is 23.4. The number of esters is 1. The van der Waals surface area contributed by atoms with Gasteiger partial charge in [-0.25, -0.2) is 0 Å². The van der Waals surface area contributed by atoms with Crippen molar-refractivity contribution in [1.82, 2.24) is 5.32 Å². The number of benzene rings is 1. The Labute approximate surface area is 186 Å². The summed E-state index contributed by atoms with van der Waals surface area (Å²) in [5, 5.41) is 2.87. The highest BCUT2D eigenvalue weighted by molar-refractivity contribution is 5.88. The summed E-state index contributed by atoms with van der Waals surface area (Å²) < 4.78 is 5.28. The van der Waals surface area contributed by atoms with Crippen molar-refractivity contribution >= 4 is 17.7 Å². The number of hydrogen-bond acceptors (Lipinski definition) is 4. The fourth-order valence-corrected chi connectivity index (χ4v) is 5.13. The zero-order chi connectivity index (χ0) is 22.8. The number of ether oxygens (including phenoxy) is 1. The van der Waals surface area contributed by atoms with Gasteiger partial charge in [0.1, 0.15) is 5.78 Å². The number of aryl methyl sites for hydroxylation is 2. The molecule has 0 saturated heterocycles. The summed E-state index contributed by atoms with van der Waals surface area (Å²) in [6, 6.07) is 4.46. The zero-order valence-corrected chi connectivity index (χ0v) is 19.7. The van der Waals surface area contributed by atoms with Gasteiger partial charge >= 0.3 is 5.97 Å². The first-order chi connectivity index (χ1) is 14.6. The molecule has 0 unspecified atom stereocenters. The maximum absolute atomic E-state index is 12.4. The fourth-order valence-electron chi connectivity index (χ4n) is 5.13. The Morgan fingerprint density at radius 1 is 1.06 bits per heavy atom. The molecule has 0 radical (unpaired) electrons. The van der Waals surface area contributed by atoms with Gasteiger partial charge in [0.2, 0.25) is 0 Å². The van der Waals surface area contributed by atoms with Crippen LogP contribution < -0.4 is 5.32 Å². The van der Waals surface area contributed by atoms with Gasteiger partial charge in [0, 0.05) is 18.4 Å². The lowest BCUT2D eigenvalue weighted by Crippen LogP contribution is -2.40. The van der Waals surface area contributed by atoms with Gasteiger partial charge in [0.25, 0.3) is 5.91 Å². The average Bonchev–Trinajstić information content (AvgIpc) is 2.67. The third-order valence-electron chi connectivity index (χ3n) is 6.99. The van der Waals surface area contributed by atoms with Crippen LogP contribution in [0.5, 0.6) is 0 Å². The summed E-state index contributed by atoms with van der Waals surface area (Å²) in [4.78, 5) is 36.8. The standard InChI is InChI=1S/C26H37NO4/c1-16-11-21(26(3,4)5)12-17(2)22(16)9-10-27-23(28)15-31-25(30)20-13-18-7-6-8-19(14-20)24(18)29/h11-12,18-20H,6-10,13-15H2,1-5H3,(H,27,28)/t18-,19-/m1/s1. The molecule has 0 aliphatic heterocycles.